The van der Waals surface area contributed by atoms with Crippen molar-refractivity contribution in [3.8, 4) is 11.4 Å². The van der Waals surface area contributed by atoms with Gasteiger partial charge in [-0.2, -0.15) is 9.62 Å². The summed E-state index contributed by atoms with van der Waals surface area (Å²) in [6, 6.07) is 16.9. The number of nitrogens with zero attached hydrogens (tertiary/aromatic N) is 6. The number of halogens is 1. The molecule has 0 bridgehead atoms. The molecule has 1 N–H and O–H groups in total. The van der Waals surface area contributed by atoms with E-state index in [1.54, 1.807) is 47.0 Å². The molecule has 10 heteroatoms. The Hall–Kier alpha value is -3.85. The highest BCUT2D eigenvalue weighted by Crippen LogP contribution is 2.21. The van der Waals surface area contributed by atoms with Crippen LogP contribution in [0.5, 0.6) is 0 Å². The summed E-state index contributed by atoms with van der Waals surface area (Å²) in [6.45, 7) is 0. The van der Waals surface area contributed by atoms with Crippen LogP contribution in [-0.4, -0.2) is 30.9 Å². The summed E-state index contributed by atoms with van der Waals surface area (Å²) >= 11 is 5.93. The van der Waals surface area contributed by atoms with Gasteiger partial charge in [0, 0.05) is 16.7 Å². The number of aromatic nitrogens is 4. The zero-order valence-corrected chi connectivity index (χ0v) is 15.0. The number of para-hydroxylation sites is 1. The second-order valence-electron chi connectivity index (χ2n) is 5.71. The standard InChI is InChI=1S/C18H12ClN7O2/c19-14-7-5-12(6-8-14)18-23-22-17-10-9-16(24-25(17)18)21-20-11-13-3-1-2-4-15(13)26(27)28/h1-11H,(H,21,24)/b20-11+. The third-order valence-electron chi connectivity index (χ3n) is 3.88. The van der Waals surface area contributed by atoms with Crippen LogP contribution in [-0.2, 0) is 0 Å². The van der Waals surface area contributed by atoms with Crippen LogP contribution >= 0.6 is 11.6 Å². The van der Waals surface area contributed by atoms with Crippen molar-refractivity contribution in [2.24, 2.45) is 5.10 Å². The van der Waals surface area contributed by atoms with Crippen molar-refractivity contribution in [1.29, 1.82) is 0 Å². The first kappa shape index (κ1) is 17.6. The molecule has 0 aliphatic carbocycles. The van der Waals surface area contributed by atoms with Crippen LogP contribution in [0.25, 0.3) is 17.0 Å². The molecule has 0 aliphatic heterocycles. The molecule has 0 fully saturated rings. The van der Waals surface area contributed by atoms with E-state index < -0.39 is 4.92 Å². The van der Waals surface area contributed by atoms with Gasteiger partial charge >= 0.3 is 0 Å². The molecule has 0 aliphatic rings. The maximum Gasteiger partial charge on any atom is 0.278 e. The van der Waals surface area contributed by atoms with E-state index in [0.29, 0.717) is 27.9 Å². The molecule has 4 rings (SSSR count). The molecule has 0 radical (unpaired) electrons. The molecule has 2 heterocycles. The van der Waals surface area contributed by atoms with Crippen LogP contribution in [0.3, 0.4) is 0 Å². The Morgan fingerprint density at radius 2 is 1.86 bits per heavy atom. The fraction of sp³-hybridized carbons (Fsp3) is 0. The average Bonchev–Trinajstić information content (AvgIpc) is 3.12. The summed E-state index contributed by atoms with van der Waals surface area (Å²) < 4.78 is 1.58. The zero-order valence-electron chi connectivity index (χ0n) is 14.2. The second-order valence-corrected chi connectivity index (χ2v) is 6.14. The van der Waals surface area contributed by atoms with Gasteiger partial charge in [-0.1, -0.05) is 23.7 Å². The number of nitro groups is 1. The van der Waals surface area contributed by atoms with E-state index in [0.717, 1.165) is 5.56 Å². The minimum Gasteiger partial charge on any atom is -0.260 e. The number of rotatable bonds is 5. The Balaban J connectivity index is 1.61. The van der Waals surface area contributed by atoms with Crippen molar-refractivity contribution in [3.63, 3.8) is 0 Å². The van der Waals surface area contributed by atoms with E-state index in [-0.39, 0.29) is 5.69 Å². The molecule has 0 amide bonds. The molecule has 2 aromatic carbocycles. The molecule has 0 spiro atoms. The SMILES string of the molecule is O=[N+]([O-])c1ccccc1/C=N/Nc1ccc2nnc(-c3ccc(Cl)cc3)n2n1. The maximum atomic E-state index is 11.1. The van der Waals surface area contributed by atoms with Crippen LogP contribution in [0.1, 0.15) is 5.56 Å². The Bertz CT molecular complexity index is 1190. The van der Waals surface area contributed by atoms with Crippen LogP contribution in [0.2, 0.25) is 5.02 Å². The van der Waals surface area contributed by atoms with Crippen LogP contribution in [0, 0.1) is 10.1 Å². The first-order valence-electron chi connectivity index (χ1n) is 8.13. The highest BCUT2D eigenvalue weighted by Gasteiger charge is 2.11. The number of hydrazone groups is 1. The zero-order chi connectivity index (χ0) is 19.5. The molecular weight excluding hydrogens is 382 g/mol. The van der Waals surface area contributed by atoms with Crippen molar-refractivity contribution < 1.29 is 4.92 Å². The Morgan fingerprint density at radius 3 is 2.64 bits per heavy atom. The third kappa shape index (κ3) is 3.51. The van der Waals surface area contributed by atoms with Gasteiger partial charge in [0.05, 0.1) is 16.7 Å². The van der Waals surface area contributed by atoms with Crippen molar-refractivity contribution in [2.75, 3.05) is 5.43 Å². The van der Waals surface area contributed by atoms with Gasteiger partial charge in [-0.25, -0.2) is 0 Å². The molecule has 0 atom stereocenters. The number of hydrogen-bond acceptors (Lipinski definition) is 7. The number of nitro benzene ring substituents is 1. The lowest BCUT2D eigenvalue weighted by molar-refractivity contribution is -0.385. The minimum atomic E-state index is -0.457. The molecule has 2 aromatic heterocycles. The quantitative estimate of drug-likeness (QED) is 0.313. The summed E-state index contributed by atoms with van der Waals surface area (Å²) in [5, 5.41) is 28.4. The number of hydrogen-bond donors (Lipinski definition) is 1. The Labute approximate surface area is 163 Å². The van der Waals surface area contributed by atoms with Gasteiger partial charge in [0.25, 0.3) is 5.69 Å². The van der Waals surface area contributed by atoms with Crippen LogP contribution in [0.15, 0.2) is 65.8 Å². The summed E-state index contributed by atoms with van der Waals surface area (Å²) in [4.78, 5) is 10.6. The van der Waals surface area contributed by atoms with Gasteiger partial charge in [-0.05, 0) is 42.5 Å². The first-order chi connectivity index (χ1) is 13.6. The molecular formula is C18H12ClN7O2. The van der Waals surface area contributed by atoms with Crippen LogP contribution < -0.4 is 5.43 Å². The summed E-state index contributed by atoms with van der Waals surface area (Å²) in [7, 11) is 0. The maximum absolute atomic E-state index is 11.1. The van der Waals surface area contributed by atoms with E-state index in [1.807, 2.05) is 12.1 Å². The monoisotopic (exact) mass is 393 g/mol. The smallest absolute Gasteiger partial charge is 0.260 e. The van der Waals surface area contributed by atoms with Crippen molar-refractivity contribution in [2.45, 2.75) is 0 Å². The van der Waals surface area contributed by atoms with Crippen molar-refractivity contribution in [1.82, 2.24) is 19.8 Å². The fourth-order valence-corrected chi connectivity index (χ4v) is 2.68. The third-order valence-corrected chi connectivity index (χ3v) is 4.13. The highest BCUT2D eigenvalue weighted by atomic mass is 35.5. The molecule has 4 aromatic rings. The summed E-state index contributed by atoms with van der Waals surface area (Å²) in [5.41, 5.74) is 4.50. The lowest BCUT2D eigenvalue weighted by Crippen LogP contribution is -2.01. The van der Waals surface area contributed by atoms with Gasteiger partial charge in [0.15, 0.2) is 17.3 Å². The second kappa shape index (κ2) is 7.41. The summed E-state index contributed by atoms with van der Waals surface area (Å²) in [6.07, 6.45) is 1.37. The van der Waals surface area contributed by atoms with Crippen LogP contribution in [0.4, 0.5) is 11.5 Å². The molecule has 9 nitrogen and oxygen atoms in total. The largest absolute Gasteiger partial charge is 0.278 e. The van der Waals surface area contributed by atoms with E-state index in [9.17, 15) is 10.1 Å². The van der Waals surface area contributed by atoms with Crippen molar-refractivity contribution in [3.05, 3.63) is 81.4 Å². The number of anilines is 1. The fourth-order valence-electron chi connectivity index (χ4n) is 2.56. The number of fused-ring (bicyclic) bond motifs is 1. The molecule has 138 valence electrons. The predicted molar refractivity (Wildman–Crippen MR) is 106 cm³/mol. The molecule has 0 saturated carbocycles. The van der Waals surface area contributed by atoms with Crippen molar-refractivity contribution >= 4 is 35.0 Å². The van der Waals surface area contributed by atoms with E-state index >= 15 is 0 Å². The van der Waals surface area contributed by atoms with Gasteiger partial charge < -0.3 is 0 Å². The van der Waals surface area contributed by atoms with E-state index in [1.165, 1.54) is 12.3 Å². The topological polar surface area (TPSA) is 111 Å². The van der Waals surface area contributed by atoms with Gasteiger partial charge in [-0.3, -0.25) is 15.5 Å². The molecule has 0 unspecified atom stereocenters. The highest BCUT2D eigenvalue weighted by molar-refractivity contribution is 6.30. The first-order valence-corrected chi connectivity index (χ1v) is 8.50. The van der Waals surface area contributed by atoms with Gasteiger partial charge in [0.2, 0.25) is 0 Å². The van der Waals surface area contributed by atoms with E-state index in [4.69, 9.17) is 11.6 Å². The normalized spacial score (nSPS) is 11.2. The van der Waals surface area contributed by atoms with E-state index in [2.05, 4.69) is 25.8 Å². The van der Waals surface area contributed by atoms with Gasteiger partial charge in [-0.15, -0.1) is 15.3 Å². The number of benzene rings is 2. The summed E-state index contributed by atoms with van der Waals surface area (Å²) in [5.74, 6) is 0.982. The Kier molecular flexibility index (Phi) is 4.65. The van der Waals surface area contributed by atoms with Gasteiger partial charge in [0.1, 0.15) is 0 Å². The molecule has 28 heavy (non-hydrogen) atoms. The lowest BCUT2D eigenvalue weighted by atomic mass is 10.2. The average molecular weight is 394 g/mol. The Morgan fingerprint density at radius 1 is 1.07 bits per heavy atom. The minimum absolute atomic E-state index is 0.0275. The predicted octanol–water partition coefficient (Wildman–Crippen LogP) is 3.80. The molecule has 0 saturated heterocycles. The lowest BCUT2D eigenvalue weighted by Gasteiger charge is -2.03. The number of nitrogens with one attached hydrogen (secondary N) is 1.